The van der Waals surface area contributed by atoms with E-state index in [1.807, 2.05) is 0 Å². The van der Waals surface area contributed by atoms with E-state index in [1.54, 1.807) is 6.20 Å². The van der Waals surface area contributed by atoms with Crippen LogP contribution in [0, 0.1) is 23.2 Å². The highest BCUT2D eigenvalue weighted by molar-refractivity contribution is 9.10. The molecule has 9 heteroatoms. The number of nitrogens with one attached hydrogen (secondary N) is 2. The fraction of sp³-hybridized carbons (Fsp3) is 0.773. The zero-order chi connectivity index (χ0) is 22.2. The minimum Gasteiger partial charge on any atom is -0.380 e. The van der Waals surface area contributed by atoms with Crippen molar-refractivity contribution in [1.82, 2.24) is 20.0 Å². The Balaban J connectivity index is 1.31. The Hall–Kier alpha value is -1.45. The molecule has 0 unspecified atom stereocenters. The van der Waals surface area contributed by atoms with Crippen LogP contribution in [0.1, 0.15) is 33.6 Å². The van der Waals surface area contributed by atoms with Crippen molar-refractivity contribution in [2.75, 3.05) is 44.7 Å². The first kappa shape index (κ1) is 22.7. The molecule has 1 aromatic rings. The van der Waals surface area contributed by atoms with Crippen LogP contribution in [0.25, 0.3) is 0 Å². The number of nitrogens with zero attached hydrogens (tertiary/aromatic N) is 3. The largest absolute Gasteiger partial charge is 0.380 e. The van der Waals surface area contributed by atoms with Crippen molar-refractivity contribution in [2.45, 2.75) is 46.2 Å². The SMILES string of the molecule is C[C@@H]1[C@H]2C[C@@H](C[C@H]1Nc1cnn(CC(=O)NCCN3CCOCC3)c(=O)c1Br)C2(C)C. The molecule has 1 saturated heterocycles. The summed E-state index contributed by atoms with van der Waals surface area (Å²) in [7, 11) is 0. The Morgan fingerprint density at radius 1 is 1.32 bits per heavy atom. The molecule has 0 radical (unpaired) electrons. The van der Waals surface area contributed by atoms with Gasteiger partial charge in [0.15, 0.2) is 0 Å². The molecular weight excluding hydrogens is 462 g/mol. The smallest absolute Gasteiger partial charge is 0.283 e. The van der Waals surface area contributed by atoms with E-state index < -0.39 is 0 Å². The zero-order valence-corrected chi connectivity index (χ0v) is 20.3. The van der Waals surface area contributed by atoms with E-state index in [-0.39, 0.29) is 18.0 Å². The van der Waals surface area contributed by atoms with Crippen LogP contribution in [0.3, 0.4) is 0 Å². The number of ether oxygens (including phenoxy) is 1. The molecule has 2 heterocycles. The molecule has 1 aliphatic heterocycles. The van der Waals surface area contributed by atoms with E-state index in [9.17, 15) is 9.59 Å². The maximum absolute atomic E-state index is 12.8. The molecule has 2 N–H and O–H groups in total. The first-order chi connectivity index (χ1) is 14.8. The Bertz CT molecular complexity index is 867. The molecule has 2 bridgehead atoms. The molecule has 8 nitrogen and oxygen atoms in total. The topological polar surface area (TPSA) is 88.5 Å². The van der Waals surface area contributed by atoms with Crippen LogP contribution in [0.15, 0.2) is 15.5 Å². The van der Waals surface area contributed by atoms with Gasteiger partial charge in [-0.25, -0.2) is 4.68 Å². The van der Waals surface area contributed by atoms with Gasteiger partial charge in [-0.2, -0.15) is 5.10 Å². The number of aromatic nitrogens is 2. The lowest BCUT2D eigenvalue weighted by atomic mass is 9.45. The standard InChI is InChI=1S/C22H34BrN5O3/c1-14-16-10-15(22(16,2)3)11-17(14)26-18-12-25-28(21(30)20(18)23)13-19(29)24-4-5-27-6-8-31-9-7-27/h12,14-17,26H,4-11,13H2,1-3H3,(H,24,29)/t14-,15+,16-,17-/m1/s1. The fourth-order valence-corrected chi connectivity index (χ4v) is 6.01. The molecule has 4 aliphatic rings. The Morgan fingerprint density at radius 3 is 2.74 bits per heavy atom. The van der Waals surface area contributed by atoms with E-state index >= 15 is 0 Å². The molecule has 4 atom stereocenters. The number of carbonyl (C=O) groups excluding carboxylic acids is 1. The number of hydrogen-bond acceptors (Lipinski definition) is 6. The van der Waals surface area contributed by atoms with Crippen LogP contribution in [0.2, 0.25) is 0 Å². The first-order valence-corrected chi connectivity index (χ1v) is 12.2. The maximum atomic E-state index is 12.8. The highest BCUT2D eigenvalue weighted by Gasteiger charge is 2.56. The number of amides is 1. The lowest BCUT2D eigenvalue weighted by molar-refractivity contribution is -0.122. The Morgan fingerprint density at radius 2 is 2.06 bits per heavy atom. The second kappa shape index (κ2) is 9.19. The van der Waals surface area contributed by atoms with Crippen LogP contribution in [-0.4, -0.2) is 66.0 Å². The first-order valence-electron chi connectivity index (χ1n) is 11.4. The summed E-state index contributed by atoms with van der Waals surface area (Å²) in [6.45, 7) is 11.6. The van der Waals surface area contributed by atoms with Crippen molar-refractivity contribution in [3.63, 3.8) is 0 Å². The van der Waals surface area contributed by atoms with Crippen molar-refractivity contribution in [3.05, 3.63) is 21.0 Å². The average molecular weight is 496 g/mol. The van der Waals surface area contributed by atoms with Gasteiger partial charge in [0, 0.05) is 32.2 Å². The van der Waals surface area contributed by atoms with Crippen LogP contribution in [0.5, 0.6) is 0 Å². The highest BCUT2D eigenvalue weighted by atomic mass is 79.9. The maximum Gasteiger partial charge on any atom is 0.283 e. The van der Waals surface area contributed by atoms with Crippen molar-refractivity contribution >= 4 is 27.5 Å². The number of hydrogen-bond donors (Lipinski definition) is 2. The van der Waals surface area contributed by atoms with Gasteiger partial charge in [0.1, 0.15) is 11.0 Å². The molecule has 0 spiro atoms. The number of fused-ring (bicyclic) bond motifs is 2. The van der Waals surface area contributed by atoms with Crippen molar-refractivity contribution < 1.29 is 9.53 Å². The predicted octanol–water partition coefficient (Wildman–Crippen LogP) is 1.94. The summed E-state index contributed by atoms with van der Waals surface area (Å²) in [5.41, 5.74) is 0.846. The minimum atomic E-state index is -0.290. The van der Waals surface area contributed by atoms with Gasteiger partial charge in [0.2, 0.25) is 5.91 Å². The highest BCUT2D eigenvalue weighted by Crippen LogP contribution is 2.61. The van der Waals surface area contributed by atoms with Crippen LogP contribution >= 0.6 is 15.9 Å². The molecule has 172 valence electrons. The van der Waals surface area contributed by atoms with Crippen molar-refractivity contribution in [3.8, 4) is 0 Å². The summed E-state index contributed by atoms with van der Waals surface area (Å²) >= 11 is 3.44. The van der Waals surface area contributed by atoms with Crippen LogP contribution < -0.4 is 16.2 Å². The number of anilines is 1. The van der Waals surface area contributed by atoms with Crippen LogP contribution in [-0.2, 0) is 16.1 Å². The third kappa shape index (κ3) is 4.68. The monoisotopic (exact) mass is 495 g/mol. The van der Waals surface area contributed by atoms with Gasteiger partial charge in [-0.3, -0.25) is 14.5 Å². The molecule has 3 saturated carbocycles. The zero-order valence-electron chi connectivity index (χ0n) is 18.7. The molecule has 3 aliphatic carbocycles. The molecule has 5 rings (SSSR count). The van der Waals surface area contributed by atoms with E-state index in [1.165, 1.54) is 11.1 Å². The van der Waals surface area contributed by atoms with Gasteiger partial charge < -0.3 is 15.4 Å². The second-order valence-corrected chi connectivity index (χ2v) is 10.6. The number of halogens is 1. The van der Waals surface area contributed by atoms with Crippen molar-refractivity contribution in [1.29, 1.82) is 0 Å². The summed E-state index contributed by atoms with van der Waals surface area (Å²) in [6.07, 6.45) is 4.09. The second-order valence-electron chi connectivity index (χ2n) is 9.85. The van der Waals surface area contributed by atoms with E-state index in [2.05, 4.69) is 57.3 Å². The Kier molecular flexibility index (Phi) is 6.74. The summed E-state index contributed by atoms with van der Waals surface area (Å²) in [4.78, 5) is 27.3. The van der Waals surface area contributed by atoms with Crippen molar-refractivity contribution in [2.24, 2.45) is 23.2 Å². The molecule has 1 aromatic heterocycles. The Labute approximate surface area is 192 Å². The molecular formula is C22H34BrN5O3. The number of carbonyl (C=O) groups is 1. The molecule has 1 amide bonds. The molecule has 0 aromatic carbocycles. The number of rotatable bonds is 7. The van der Waals surface area contributed by atoms with Crippen LogP contribution in [0.4, 0.5) is 5.69 Å². The van der Waals surface area contributed by atoms with E-state index in [0.29, 0.717) is 34.1 Å². The van der Waals surface area contributed by atoms with Gasteiger partial charge in [-0.1, -0.05) is 20.8 Å². The van der Waals surface area contributed by atoms with Gasteiger partial charge >= 0.3 is 0 Å². The minimum absolute atomic E-state index is 0.0843. The quantitative estimate of drug-likeness (QED) is 0.600. The van der Waals surface area contributed by atoms with E-state index in [4.69, 9.17) is 4.74 Å². The lowest BCUT2D eigenvalue weighted by Crippen LogP contribution is -2.58. The third-order valence-electron chi connectivity index (χ3n) is 7.83. The third-order valence-corrected chi connectivity index (χ3v) is 8.59. The van der Waals surface area contributed by atoms with Gasteiger partial charge in [0.05, 0.1) is 25.1 Å². The normalized spacial score (nSPS) is 29.8. The number of morpholine rings is 1. The fourth-order valence-electron chi connectivity index (χ4n) is 5.59. The molecule has 31 heavy (non-hydrogen) atoms. The van der Waals surface area contributed by atoms with Gasteiger partial charge in [0.25, 0.3) is 5.56 Å². The summed E-state index contributed by atoms with van der Waals surface area (Å²) in [5, 5.41) is 10.7. The predicted molar refractivity (Wildman–Crippen MR) is 123 cm³/mol. The summed E-state index contributed by atoms with van der Waals surface area (Å²) in [6, 6.07) is 0.341. The lowest BCUT2D eigenvalue weighted by Gasteiger charge is -2.62. The van der Waals surface area contributed by atoms with E-state index in [0.717, 1.165) is 51.1 Å². The van der Waals surface area contributed by atoms with Gasteiger partial charge in [-0.05, 0) is 51.9 Å². The summed E-state index contributed by atoms with van der Waals surface area (Å²) < 4.78 is 6.98. The molecule has 4 fully saturated rings. The summed E-state index contributed by atoms with van der Waals surface area (Å²) in [5.74, 6) is 1.79. The van der Waals surface area contributed by atoms with Gasteiger partial charge in [-0.15, -0.1) is 0 Å². The average Bonchev–Trinajstić information content (AvgIpc) is 2.75.